The Morgan fingerprint density at radius 2 is 1.90 bits per heavy atom. The summed E-state index contributed by atoms with van der Waals surface area (Å²) in [4.78, 5) is 4.64. The van der Waals surface area contributed by atoms with Gasteiger partial charge < -0.3 is 10.5 Å². The first-order chi connectivity index (χ1) is 10.3. The maximum absolute atomic E-state index is 5.80. The van der Waals surface area contributed by atoms with Crippen LogP contribution in [0.1, 0.15) is 17.5 Å². The molecule has 0 fully saturated rings. The van der Waals surface area contributed by atoms with Gasteiger partial charge in [0.2, 0.25) is 0 Å². The second-order valence-electron chi connectivity index (χ2n) is 4.98. The molecule has 2 aromatic carbocycles. The van der Waals surface area contributed by atoms with Crippen molar-refractivity contribution in [3.05, 3.63) is 71.8 Å². The van der Waals surface area contributed by atoms with E-state index in [0.29, 0.717) is 13.2 Å². The molecule has 21 heavy (non-hydrogen) atoms. The van der Waals surface area contributed by atoms with Crippen molar-refractivity contribution in [1.82, 2.24) is 0 Å². The molecule has 2 N–H and O–H groups in total. The van der Waals surface area contributed by atoms with Gasteiger partial charge in [-0.05, 0) is 23.3 Å². The van der Waals surface area contributed by atoms with E-state index in [2.05, 4.69) is 23.2 Å². The lowest BCUT2D eigenvalue weighted by Gasteiger charge is -2.07. The van der Waals surface area contributed by atoms with Crippen molar-refractivity contribution < 1.29 is 4.74 Å². The average Bonchev–Trinajstić information content (AvgIpc) is 3.03. The molecule has 0 unspecified atom stereocenters. The number of nitrogens with two attached hydrogens (primary N) is 1. The quantitative estimate of drug-likeness (QED) is 0.911. The van der Waals surface area contributed by atoms with Crippen molar-refractivity contribution in [3.8, 4) is 5.75 Å². The molecule has 0 saturated heterocycles. The molecule has 1 heterocycles. The number of rotatable bonds is 5. The third kappa shape index (κ3) is 3.38. The van der Waals surface area contributed by atoms with Crippen LogP contribution in [0, 0.1) is 0 Å². The van der Waals surface area contributed by atoms with Crippen LogP contribution < -0.4 is 10.5 Å². The highest BCUT2D eigenvalue weighted by atomic mass is 16.5. The molecule has 0 amide bonds. The van der Waals surface area contributed by atoms with E-state index in [1.54, 1.807) is 0 Å². The highest BCUT2D eigenvalue weighted by molar-refractivity contribution is 5.96. The summed E-state index contributed by atoms with van der Waals surface area (Å²) < 4.78 is 5.80. The molecular formula is C18H18N2O. The van der Waals surface area contributed by atoms with Crippen LogP contribution >= 0.6 is 0 Å². The summed E-state index contributed by atoms with van der Waals surface area (Å²) in [6.45, 7) is 1.04. The molecule has 1 aliphatic rings. The standard InChI is InChI=1S/C18H18N2O/c19-12-14-5-4-8-17(11-14)21-13-16-9-10-18(20-16)15-6-2-1-3-7-15/h1-8,10-11H,9,12-13,19H2. The first-order valence-corrected chi connectivity index (χ1v) is 7.09. The number of nitrogens with zero attached hydrogens (tertiary/aromatic N) is 1. The minimum Gasteiger partial charge on any atom is -0.488 e. The summed E-state index contributed by atoms with van der Waals surface area (Å²) in [6.07, 6.45) is 2.99. The van der Waals surface area contributed by atoms with E-state index in [-0.39, 0.29) is 0 Å². The molecule has 1 aliphatic heterocycles. The Labute approximate surface area is 124 Å². The Kier molecular flexibility index (Phi) is 4.12. The van der Waals surface area contributed by atoms with Gasteiger partial charge in [0.05, 0.1) is 11.4 Å². The van der Waals surface area contributed by atoms with Gasteiger partial charge in [-0.3, -0.25) is 4.99 Å². The van der Waals surface area contributed by atoms with E-state index >= 15 is 0 Å². The average molecular weight is 278 g/mol. The zero-order valence-corrected chi connectivity index (χ0v) is 11.8. The van der Waals surface area contributed by atoms with Crippen molar-refractivity contribution in [1.29, 1.82) is 0 Å². The van der Waals surface area contributed by atoms with E-state index < -0.39 is 0 Å². The van der Waals surface area contributed by atoms with Gasteiger partial charge in [-0.2, -0.15) is 0 Å². The second kappa shape index (κ2) is 6.37. The Bertz CT molecular complexity index is 675. The number of aliphatic imine (C=N–C) groups is 1. The molecule has 0 aliphatic carbocycles. The van der Waals surface area contributed by atoms with Crippen molar-refractivity contribution >= 4 is 11.4 Å². The highest BCUT2D eigenvalue weighted by Crippen LogP contribution is 2.22. The molecule has 3 rings (SSSR count). The summed E-state index contributed by atoms with van der Waals surface area (Å²) in [6, 6.07) is 18.1. The van der Waals surface area contributed by atoms with Gasteiger partial charge in [0.15, 0.2) is 0 Å². The Morgan fingerprint density at radius 3 is 2.71 bits per heavy atom. The van der Waals surface area contributed by atoms with E-state index in [4.69, 9.17) is 10.5 Å². The number of benzene rings is 2. The zero-order chi connectivity index (χ0) is 14.5. The zero-order valence-electron chi connectivity index (χ0n) is 11.8. The van der Waals surface area contributed by atoms with Crippen molar-refractivity contribution in [2.24, 2.45) is 10.7 Å². The Morgan fingerprint density at radius 1 is 1.05 bits per heavy atom. The first kappa shape index (κ1) is 13.6. The van der Waals surface area contributed by atoms with Crippen molar-refractivity contribution in [3.63, 3.8) is 0 Å². The van der Waals surface area contributed by atoms with Crippen LogP contribution in [-0.4, -0.2) is 12.3 Å². The third-order valence-corrected chi connectivity index (χ3v) is 3.42. The van der Waals surface area contributed by atoms with Gasteiger partial charge in [0.25, 0.3) is 0 Å². The van der Waals surface area contributed by atoms with Crippen LogP contribution in [0.15, 0.2) is 65.7 Å². The smallest absolute Gasteiger partial charge is 0.127 e. The van der Waals surface area contributed by atoms with Crippen LogP contribution in [0.25, 0.3) is 5.70 Å². The van der Waals surface area contributed by atoms with Crippen LogP contribution in [0.2, 0.25) is 0 Å². The molecule has 3 nitrogen and oxygen atoms in total. The van der Waals surface area contributed by atoms with Crippen molar-refractivity contribution in [2.75, 3.05) is 6.61 Å². The molecule has 2 aromatic rings. The lowest BCUT2D eigenvalue weighted by molar-refractivity contribution is 0.375. The SMILES string of the molecule is NCc1cccc(OCC2=NC(c3ccccc3)=CC2)c1. The van der Waals surface area contributed by atoms with Gasteiger partial charge in [-0.15, -0.1) is 0 Å². The lowest BCUT2D eigenvalue weighted by atomic mass is 10.1. The maximum atomic E-state index is 5.80. The summed E-state index contributed by atoms with van der Waals surface area (Å²) >= 11 is 0. The summed E-state index contributed by atoms with van der Waals surface area (Å²) in [7, 11) is 0. The largest absolute Gasteiger partial charge is 0.488 e. The van der Waals surface area contributed by atoms with E-state index in [1.165, 1.54) is 0 Å². The van der Waals surface area contributed by atoms with Gasteiger partial charge >= 0.3 is 0 Å². The molecule has 0 atom stereocenters. The highest BCUT2D eigenvalue weighted by Gasteiger charge is 2.10. The van der Waals surface area contributed by atoms with E-state index in [9.17, 15) is 0 Å². The topological polar surface area (TPSA) is 47.6 Å². The minimum absolute atomic E-state index is 0.515. The van der Waals surface area contributed by atoms with Gasteiger partial charge in [0.1, 0.15) is 12.4 Å². The van der Waals surface area contributed by atoms with Crippen LogP contribution in [-0.2, 0) is 6.54 Å². The number of hydrogen-bond acceptors (Lipinski definition) is 3. The van der Waals surface area contributed by atoms with E-state index in [0.717, 1.165) is 34.7 Å². The normalized spacial score (nSPS) is 13.8. The fourth-order valence-corrected chi connectivity index (χ4v) is 2.29. The van der Waals surface area contributed by atoms with Gasteiger partial charge in [-0.25, -0.2) is 0 Å². The predicted octanol–water partition coefficient (Wildman–Crippen LogP) is 3.41. The molecule has 0 aromatic heterocycles. The predicted molar refractivity (Wildman–Crippen MR) is 86.3 cm³/mol. The van der Waals surface area contributed by atoms with Crippen molar-refractivity contribution in [2.45, 2.75) is 13.0 Å². The fourth-order valence-electron chi connectivity index (χ4n) is 2.29. The maximum Gasteiger partial charge on any atom is 0.127 e. The van der Waals surface area contributed by atoms with Crippen LogP contribution in [0.4, 0.5) is 0 Å². The third-order valence-electron chi connectivity index (χ3n) is 3.42. The monoisotopic (exact) mass is 278 g/mol. The van der Waals surface area contributed by atoms with Gasteiger partial charge in [-0.1, -0.05) is 48.5 Å². The van der Waals surface area contributed by atoms with Gasteiger partial charge in [0, 0.05) is 13.0 Å². The fraction of sp³-hybridized carbons (Fsp3) is 0.167. The molecule has 0 radical (unpaired) electrons. The Balaban J connectivity index is 1.62. The molecule has 0 saturated carbocycles. The summed E-state index contributed by atoms with van der Waals surface area (Å²) in [5.74, 6) is 0.841. The first-order valence-electron chi connectivity index (χ1n) is 7.09. The van der Waals surface area contributed by atoms with E-state index in [1.807, 2.05) is 42.5 Å². The number of allylic oxidation sites excluding steroid dienone is 1. The molecule has 0 bridgehead atoms. The number of hydrogen-bond donors (Lipinski definition) is 1. The second-order valence-corrected chi connectivity index (χ2v) is 4.98. The Hall–Kier alpha value is -2.39. The molecule has 106 valence electrons. The molecule has 3 heteroatoms. The molecule has 0 spiro atoms. The lowest BCUT2D eigenvalue weighted by Crippen LogP contribution is -2.09. The minimum atomic E-state index is 0.515. The van der Waals surface area contributed by atoms with Crippen LogP contribution in [0.5, 0.6) is 5.75 Å². The summed E-state index contributed by atoms with van der Waals surface area (Å²) in [5.41, 5.74) is 9.94. The molecular weight excluding hydrogens is 260 g/mol. The number of ether oxygens (including phenoxy) is 1. The summed E-state index contributed by atoms with van der Waals surface area (Å²) in [5, 5.41) is 0. The van der Waals surface area contributed by atoms with Crippen LogP contribution in [0.3, 0.4) is 0 Å².